The molecule has 0 saturated heterocycles. The molecule has 0 bridgehead atoms. The van der Waals surface area contributed by atoms with Crippen LogP contribution in [0.15, 0.2) is 0 Å². The number of halogens is 3. The Hall–Kier alpha value is -0.300. The molecule has 0 rings (SSSR count). The minimum Gasteiger partial charge on any atom is -0.286 e. The van der Waals surface area contributed by atoms with Crippen molar-refractivity contribution >= 4 is 10.1 Å². The minimum absolute atomic E-state index is 1.27. The van der Waals surface area contributed by atoms with Crippen molar-refractivity contribution in [2.24, 2.45) is 0 Å². The molecule has 3 nitrogen and oxygen atoms in total. The molecule has 7 heteroatoms. The van der Waals surface area contributed by atoms with Gasteiger partial charge in [0.05, 0.1) is 12.2 Å². The van der Waals surface area contributed by atoms with Gasteiger partial charge < -0.3 is 0 Å². The van der Waals surface area contributed by atoms with E-state index in [-0.39, 0.29) is 0 Å². The van der Waals surface area contributed by atoms with Gasteiger partial charge in [-0.05, 0) is 0 Å². The van der Waals surface area contributed by atoms with Gasteiger partial charge in [-0.3, -0.25) is 4.55 Å². The van der Waals surface area contributed by atoms with Gasteiger partial charge in [-0.1, -0.05) is 0 Å². The molecule has 0 saturated carbocycles. The van der Waals surface area contributed by atoms with Crippen LogP contribution in [0.3, 0.4) is 0 Å². The second kappa shape index (κ2) is 2.75. The summed E-state index contributed by atoms with van der Waals surface area (Å²) in [6, 6.07) is 0. The molecule has 0 radical (unpaired) electrons. The lowest BCUT2D eigenvalue weighted by Gasteiger charge is -2.02. The molecule has 0 aliphatic heterocycles. The highest BCUT2D eigenvalue weighted by molar-refractivity contribution is 7.85. The maximum Gasteiger partial charge on any atom is 0.390 e. The van der Waals surface area contributed by atoms with E-state index in [0.29, 0.717) is 0 Å². The molecule has 0 heterocycles. The first-order chi connectivity index (χ1) is 4.21. The third kappa shape index (κ3) is 7.70. The van der Waals surface area contributed by atoms with Crippen molar-refractivity contribution < 1.29 is 26.1 Å². The van der Waals surface area contributed by atoms with E-state index < -0.39 is 28.5 Å². The number of hydrogen-bond acceptors (Lipinski definition) is 2. The van der Waals surface area contributed by atoms with E-state index in [0.717, 1.165) is 0 Å². The summed E-state index contributed by atoms with van der Waals surface area (Å²) in [4.78, 5) is 0. The largest absolute Gasteiger partial charge is 0.390 e. The van der Waals surface area contributed by atoms with Crippen molar-refractivity contribution in [3.05, 3.63) is 0 Å². The molecule has 0 aromatic rings. The number of alkyl halides is 3. The molecular formula is C3H5F3O3S. The monoisotopic (exact) mass is 178 g/mol. The predicted molar refractivity (Wildman–Crippen MR) is 27.1 cm³/mol. The first-order valence-electron chi connectivity index (χ1n) is 2.23. The molecule has 0 amide bonds. The molecule has 0 aliphatic rings. The number of hydrogen-bond donors (Lipinski definition) is 1. The van der Waals surface area contributed by atoms with E-state index in [1.54, 1.807) is 0 Å². The Bertz CT molecular complexity index is 192. The van der Waals surface area contributed by atoms with Crippen LogP contribution in [0.25, 0.3) is 0 Å². The normalized spacial score (nSPS) is 13.6. The van der Waals surface area contributed by atoms with Crippen molar-refractivity contribution in [1.82, 2.24) is 0 Å². The van der Waals surface area contributed by atoms with Gasteiger partial charge >= 0.3 is 6.18 Å². The summed E-state index contributed by atoms with van der Waals surface area (Å²) in [6.45, 7) is 0. The Kier molecular flexibility index (Phi) is 2.67. The van der Waals surface area contributed by atoms with Gasteiger partial charge in [-0.15, -0.1) is 0 Å². The fourth-order valence-corrected chi connectivity index (χ4v) is 0.734. The van der Waals surface area contributed by atoms with Crippen LogP contribution in [0.2, 0.25) is 0 Å². The molecule has 0 aromatic heterocycles. The highest BCUT2D eigenvalue weighted by Crippen LogP contribution is 2.19. The van der Waals surface area contributed by atoms with Crippen molar-refractivity contribution in [2.45, 2.75) is 12.6 Å². The summed E-state index contributed by atoms with van der Waals surface area (Å²) in [5, 5.41) is 0. The average molecular weight is 178 g/mol. The second-order valence-corrected chi connectivity index (χ2v) is 3.22. The molecule has 0 aliphatic carbocycles. The van der Waals surface area contributed by atoms with Gasteiger partial charge in [0.15, 0.2) is 0 Å². The fourth-order valence-electron chi connectivity index (χ4n) is 0.245. The lowest BCUT2D eigenvalue weighted by atomic mass is 10.5. The van der Waals surface area contributed by atoms with Gasteiger partial charge in [0, 0.05) is 0 Å². The Balaban J connectivity index is 3.79. The summed E-state index contributed by atoms with van der Waals surface area (Å²) in [6.07, 6.45) is -6.04. The van der Waals surface area contributed by atoms with E-state index in [4.69, 9.17) is 4.55 Å². The Morgan fingerprint density at radius 2 is 1.70 bits per heavy atom. The third-order valence-corrected chi connectivity index (χ3v) is 1.36. The molecule has 0 aromatic carbocycles. The molecule has 0 atom stereocenters. The van der Waals surface area contributed by atoms with E-state index in [1.165, 1.54) is 0 Å². The summed E-state index contributed by atoms with van der Waals surface area (Å²) in [5.41, 5.74) is 0. The quantitative estimate of drug-likeness (QED) is 0.637. The van der Waals surface area contributed by atoms with Gasteiger partial charge in [-0.2, -0.15) is 21.6 Å². The summed E-state index contributed by atoms with van der Waals surface area (Å²) >= 11 is 0. The van der Waals surface area contributed by atoms with Crippen LogP contribution in [0.4, 0.5) is 13.2 Å². The highest BCUT2D eigenvalue weighted by atomic mass is 32.2. The van der Waals surface area contributed by atoms with E-state index in [9.17, 15) is 21.6 Å². The summed E-state index contributed by atoms with van der Waals surface area (Å²) < 4.78 is 61.0. The summed E-state index contributed by atoms with van der Waals surface area (Å²) in [7, 11) is -4.48. The first kappa shape index (κ1) is 9.70. The topological polar surface area (TPSA) is 54.4 Å². The van der Waals surface area contributed by atoms with Gasteiger partial charge in [0.2, 0.25) is 0 Å². The van der Waals surface area contributed by atoms with E-state index in [1.807, 2.05) is 0 Å². The predicted octanol–water partition coefficient (Wildman–Crippen LogP) is 0.827. The van der Waals surface area contributed by atoms with Gasteiger partial charge in [0.1, 0.15) is 0 Å². The SMILES string of the molecule is O=S(=O)(O)CCC(F)(F)F. The first-order valence-corrected chi connectivity index (χ1v) is 3.83. The van der Waals surface area contributed by atoms with Crippen molar-refractivity contribution in [3.8, 4) is 0 Å². The summed E-state index contributed by atoms with van der Waals surface area (Å²) in [5.74, 6) is -1.27. The smallest absolute Gasteiger partial charge is 0.286 e. The maximum atomic E-state index is 11.2. The van der Waals surface area contributed by atoms with Gasteiger partial charge in [0.25, 0.3) is 10.1 Å². The van der Waals surface area contributed by atoms with Crippen molar-refractivity contribution in [2.75, 3.05) is 5.75 Å². The molecule has 62 valence electrons. The Labute approximate surface area is 55.6 Å². The van der Waals surface area contributed by atoms with Crippen LogP contribution in [0.1, 0.15) is 6.42 Å². The minimum atomic E-state index is -4.53. The lowest BCUT2D eigenvalue weighted by Crippen LogP contribution is -2.15. The molecular weight excluding hydrogens is 173 g/mol. The van der Waals surface area contributed by atoms with Gasteiger partial charge in [-0.25, -0.2) is 0 Å². The van der Waals surface area contributed by atoms with Crippen molar-refractivity contribution in [3.63, 3.8) is 0 Å². The zero-order valence-corrected chi connectivity index (χ0v) is 5.54. The van der Waals surface area contributed by atoms with E-state index >= 15 is 0 Å². The Morgan fingerprint density at radius 3 is 1.80 bits per heavy atom. The van der Waals surface area contributed by atoms with Crippen LogP contribution in [0, 0.1) is 0 Å². The molecule has 0 unspecified atom stereocenters. The maximum absolute atomic E-state index is 11.2. The molecule has 10 heavy (non-hydrogen) atoms. The van der Waals surface area contributed by atoms with E-state index in [2.05, 4.69) is 0 Å². The highest BCUT2D eigenvalue weighted by Gasteiger charge is 2.29. The average Bonchev–Trinajstić information content (AvgIpc) is 1.57. The van der Waals surface area contributed by atoms with Crippen LogP contribution in [0.5, 0.6) is 0 Å². The molecule has 0 fully saturated rings. The zero-order chi connectivity index (χ0) is 8.41. The van der Waals surface area contributed by atoms with Crippen LogP contribution >= 0.6 is 0 Å². The number of rotatable bonds is 2. The van der Waals surface area contributed by atoms with Crippen LogP contribution < -0.4 is 0 Å². The Morgan fingerprint density at radius 1 is 1.30 bits per heavy atom. The lowest BCUT2D eigenvalue weighted by molar-refractivity contribution is -0.130. The third-order valence-electron chi connectivity index (χ3n) is 0.643. The standard InChI is InChI=1S/C3H5F3O3S/c4-3(5,6)1-2-10(7,8)9/h1-2H2,(H,7,8,9). The van der Waals surface area contributed by atoms with Crippen LogP contribution in [-0.2, 0) is 10.1 Å². The van der Waals surface area contributed by atoms with Crippen molar-refractivity contribution in [1.29, 1.82) is 0 Å². The fraction of sp³-hybridized carbons (Fsp3) is 1.00. The second-order valence-electron chi connectivity index (χ2n) is 1.65. The molecule has 0 spiro atoms. The zero-order valence-electron chi connectivity index (χ0n) is 4.72. The molecule has 1 N–H and O–H groups in total. The van der Waals surface area contributed by atoms with Crippen LogP contribution in [-0.4, -0.2) is 24.9 Å².